The van der Waals surface area contributed by atoms with Crippen molar-refractivity contribution in [2.24, 2.45) is 0 Å². The van der Waals surface area contributed by atoms with Gasteiger partial charge in [0, 0.05) is 11.6 Å². The van der Waals surface area contributed by atoms with Crippen molar-refractivity contribution in [3.05, 3.63) is 69.9 Å². The molecule has 6 nitrogen and oxygen atoms in total. The lowest BCUT2D eigenvalue weighted by atomic mass is 9.98. The van der Waals surface area contributed by atoms with Crippen molar-refractivity contribution in [1.29, 1.82) is 0 Å². The van der Waals surface area contributed by atoms with Gasteiger partial charge >= 0.3 is 0 Å². The van der Waals surface area contributed by atoms with Gasteiger partial charge in [-0.3, -0.25) is 4.79 Å². The molecule has 3 aromatic rings. The number of ether oxygens (including phenoxy) is 3. The monoisotopic (exact) mass is 397 g/mol. The molecule has 0 radical (unpaired) electrons. The van der Waals surface area contributed by atoms with Gasteiger partial charge in [0.25, 0.3) is 5.91 Å². The molecule has 2 heterocycles. The van der Waals surface area contributed by atoms with E-state index in [1.54, 1.807) is 49.6 Å². The predicted molar refractivity (Wildman–Crippen MR) is 107 cm³/mol. The fraction of sp³-hybridized carbons (Fsp3) is 0.190. The van der Waals surface area contributed by atoms with Gasteiger partial charge in [0.15, 0.2) is 11.5 Å². The lowest BCUT2D eigenvalue weighted by molar-refractivity contribution is 0.103. The van der Waals surface area contributed by atoms with Gasteiger partial charge in [-0.1, -0.05) is 18.2 Å². The van der Waals surface area contributed by atoms with E-state index in [2.05, 4.69) is 5.32 Å². The predicted octanol–water partition coefficient (Wildman–Crippen LogP) is 3.86. The summed E-state index contributed by atoms with van der Waals surface area (Å²) in [5.74, 6) is 1.54. The van der Waals surface area contributed by atoms with E-state index < -0.39 is 6.10 Å². The van der Waals surface area contributed by atoms with E-state index in [0.29, 0.717) is 52.2 Å². The second kappa shape index (κ2) is 7.92. The Balaban J connectivity index is 1.71. The molecule has 144 valence electrons. The standard InChI is InChI=1S/C21H19NO5S/c1-25-14-6-4-13(5-7-14)20(23)15-11-17-18(27-9-8-26-17)12-16(15)22-21(24)19-3-2-10-28-19/h2-7,10-12,20,23H,8-9H2,1H3,(H,22,24). The number of fused-ring (bicyclic) bond motifs is 1. The number of rotatable bonds is 5. The van der Waals surface area contributed by atoms with Crippen molar-refractivity contribution >= 4 is 22.9 Å². The van der Waals surface area contributed by atoms with E-state index in [1.807, 2.05) is 11.4 Å². The van der Waals surface area contributed by atoms with Crippen molar-refractivity contribution in [2.45, 2.75) is 6.10 Å². The first-order valence-electron chi connectivity index (χ1n) is 8.76. The fourth-order valence-electron chi connectivity index (χ4n) is 3.00. The highest BCUT2D eigenvalue weighted by Crippen LogP contribution is 2.40. The zero-order valence-corrected chi connectivity index (χ0v) is 16.0. The number of aliphatic hydroxyl groups excluding tert-OH is 1. The number of anilines is 1. The van der Waals surface area contributed by atoms with Gasteiger partial charge in [0.2, 0.25) is 0 Å². The second-order valence-corrected chi connectivity index (χ2v) is 7.14. The number of nitrogens with one attached hydrogen (secondary N) is 1. The molecule has 0 aliphatic carbocycles. The molecule has 0 bridgehead atoms. The number of amides is 1. The molecule has 0 spiro atoms. The summed E-state index contributed by atoms with van der Waals surface area (Å²) in [4.78, 5) is 13.2. The maximum atomic E-state index is 12.6. The third-order valence-corrected chi connectivity index (χ3v) is 5.30. The molecule has 2 N–H and O–H groups in total. The first kappa shape index (κ1) is 18.3. The lowest BCUT2D eigenvalue weighted by Gasteiger charge is -2.23. The second-order valence-electron chi connectivity index (χ2n) is 6.19. The molecular formula is C21H19NO5S. The van der Waals surface area contributed by atoms with Crippen LogP contribution >= 0.6 is 11.3 Å². The summed E-state index contributed by atoms with van der Waals surface area (Å²) >= 11 is 1.35. The van der Waals surface area contributed by atoms with Crippen LogP contribution in [0.2, 0.25) is 0 Å². The van der Waals surface area contributed by atoms with E-state index in [9.17, 15) is 9.90 Å². The number of aliphatic hydroxyl groups is 1. The molecule has 0 saturated carbocycles. The van der Waals surface area contributed by atoms with E-state index in [4.69, 9.17) is 14.2 Å². The number of thiophene rings is 1. The molecule has 2 aromatic carbocycles. The van der Waals surface area contributed by atoms with E-state index in [-0.39, 0.29) is 5.91 Å². The molecule has 1 amide bonds. The Morgan fingerprint density at radius 1 is 1.14 bits per heavy atom. The van der Waals surface area contributed by atoms with Gasteiger partial charge in [0.1, 0.15) is 25.1 Å². The van der Waals surface area contributed by atoms with Crippen LogP contribution in [0.5, 0.6) is 17.2 Å². The molecule has 0 saturated heterocycles. The minimum atomic E-state index is -0.958. The Kier molecular flexibility index (Phi) is 5.18. The van der Waals surface area contributed by atoms with Gasteiger partial charge in [-0.15, -0.1) is 11.3 Å². The summed E-state index contributed by atoms with van der Waals surface area (Å²) < 4.78 is 16.5. The molecule has 1 aliphatic heterocycles. The van der Waals surface area contributed by atoms with Crippen LogP contribution in [0.25, 0.3) is 0 Å². The molecule has 1 atom stereocenters. The Hall–Kier alpha value is -3.03. The summed E-state index contributed by atoms with van der Waals surface area (Å²) in [6, 6.07) is 14.1. The minimum absolute atomic E-state index is 0.241. The summed E-state index contributed by atoms with van der Waals surface area (Å²) in [5.41, 5.74) is 1.68. The third-order valence-electron chi connectivity index (χ3n) is 4.43. The van der Waals surface area contributed by atoms with E-state index in [1.165, 1.54) is 11.3 Å². The maximum Gasteiger partial charge on any atom is 0.265 e. The van der Waals surface area contributed by atoms with Gasteiger partial charge in [-0.25, -0.2) is 0 Å². The first-order valence-corrected chi connectivity index (χ1v) is 9.64. The number of carbonyl (C=O) groups is 1. The van der Waals surface area contributed by atoms with Gasteiger partial charge in [-0.05, 0) is 35.2 Å². The normalized spacial score (nSPS) is 13.6. The minimum Gasteiger partial charge on any atom is -0.497 e. The van der Waals surface area contributed by atoms with Crippen LogP contribution in [0, 0.1) is 0 Å². The van der Waals surface area contributed by atoms with E-state index in [0.717, 1.165) is 0 Å². The third kappa shape index (κ3) is 3.67. The quantitative estimate of drug-likeness (QED) is 0.684. The summed E-state index contributed by atoms with van der Waals surface area (Å²) in [6.45, 7) is 0.873. The smallest absolute Gasteiger partial charge is 0.265 e. The molecule has 1 aromatic heterocycles. The van der Waals surface area contributed by atoms with Crippen LogP contribution in [-0.4, -0.2) is 31.3 Å². The molecule has 1 unspecified atom stereocenters. The highest BCUT2D eigenvalue weighted by Gasteiger charge is 2.23. The van der Waals surface area contributed by atoms with Crippen molar-refractivity contribution in [1.82, 2.24) is 0 Å². The fourth-order valence-corrected chi connectivity index (χ4v) is 3.62. The molecule has 4 rings (SSSR count). The highest BCUT2D eigenvalue weighted by atomic mass is 32.1. The summed E-state index contributed by atoms with van der Waals surface area (Å²) in [6.07, 6.45) is -0.958. The molecule has 1 aliphatic rings. The number of carbonyl (C=O) groups excluding carboxylic acids is 1. The number of methoxy groups -OCH3 is 1. The Bertz CT molecular complexity index is 969. The van der Waals surface area contributed by atoms with Gasteiger partial charge in [-0.2, -0.15) is 0 Å². The van der Waals surface area contributed by atoms with Crippen LogP contribution < -0.4 is 19.5 Å². The van der Waals surface area contributed by atoms with Crippen molar-refractivity contribution < 1.29 is 24.1 Å². The zero-order chi connectivity index (χ0) is 19.5. The maximum absolute atomic E-state index is 12.6. The topological polar surface area (TPSA) is 77.0 Å². The Morgan fingerprint density at radius 3 is 2.50 bits per heavy atom. The zero-order valence-electron chi connectivity index (χ0n) is 15.2. The Morgan fingerprint density at radius 2 is 1.86 bits per heavy atom. The van der Waals surface area contributed by atoms with Gasteiger partial charge in [0.05, 0.1) is 17.7 Å². The van der Waals surface area contributed by atoms with Crippen molar-refractivity contribution in [3.63, 3.8) is 0 Å². The van der Waals surface area contributed by atoms with Crippen LogP contribution in [-0.2, 0) is 0 Å². The van der Waals surface area contributed by atoms with Gasteiger partial charge < -0.3 is 24.6 Å². The van der Waals surface area contributed by atoms with Crippen LogP contribution in [0.1, 0.15) is 26.9 Å². The summed E-state index contributed by atoms with van der Waals surface area (Å²) in [5, 5.41) is 15.7. The molecule has 7 heteroatoms. The van der Waals surface area contributed by atoms with Crippen molar-refractivity contribution in [3.8, 4) is 17.2 Å². The Labute approximate surface area is 166 Å². The molecule has 0 fully saturated rings. The lowest BCUT2D eigenvalue weighted by Crippen LogP contribution is -2.18. The number of hydrogen-bond donors (Lipinski definition) is 2. The highest BCUT2D eigenvalue weighted by molar-refractivity contribution is 7.12. The number of benzene rings is 2. The molecule has 28 heavy (non-hydrogen) atoms. The number of hydrogen-bond acceptors (Lipinski definition) is 6. The van der Waals surface area contributed by atoms with Crippen LogP contribution in [0.15, 0.2) is 53.9 Å². The molecular weight excluding hydrogens is 378 g/mol. The van der Waals surface area contributed by atoms with Crippen molar-refractivity contribution in [2.75, 3.05) is 25.6 Å². The van der Waals surface area contributed by atoms with Crippen LogP contribution in [0.4, 0.5) is 5.69 Å². The largest absolute Gasteiger partial charge is 0.497 e. The van der Waals surface area contributed by atoms with E-state index >= 15 is 0 Å². The average molecular weight is 397 g/mol. The first-order chi connectivity index (χ1) is 13.7. The van der Waals surface area contributed by atoms with Crippen LogP contribution in [0.3, 0.4) is 0 Å². The SMILES string of the molecule is COc1ccc(C(O)c2cc3c(cc2NC(=O)c2cccs2)OCCO3)cc1. The average Bonchev–Trinajstić information content (AvgIpc) is 3.28. The summed E-state index contributed by atoms with van der Waals surface area (Å²) in [7, 11) is 1.59.